The minimum atomic E-state index is 0.687. The van der Waals surface area contributed by atoms with Gasteiger partial charge in [-0.3, -0.25) is 4.98 Å². The molecule has 4 nitrogen and oxygen atoms in total. The monoisotopic (exact) mass is 228 g/mol. The molecule has 0 radical (unpaired) electrons. The second-order valence-corrected chi connectivity index (χ2v) is 3.87. The van der Waals surface area contributed by atoms with Crippen molar-refractivity contribution in [3.63, 3.8) is 0 Å². The highest BCUT2D eigenvalue weighted by molar-refractivity contribution is 5.36. The molecule has 0 atom stereocenters. The Balaban J connectivity index is 2.05. The average Bonchev–Trinajstić information content (AvgIpc) is 2.38. The van der Waals surface area contributed by atoms with Crippen LogP contribution in [0.3, 0.4) is 0 Å². The van der Waals surface area contributed by atoms with Crippen LogP contribution in [0.25, 0.3) is 0 Å². The van der Waals surface area contributed by atoms with Crippen molar-refractivity contribution in [2.45, 2.75) is 26.8 Å². The predicted molar refractivity (Wildman–Crippen MR) is 67.7 cm³/mol. The van der Waals surface area contributed by atoms with Crippen molar-refractivity contribution >= 4 is 5.82 Å². The lowest BCUT2D eigenvalue weighted by molar-refractivity contribution is 0.967. The van der Waals surface area contributed by atoms with E-state index in [-0.39, 0.29) is 0 Å². The molecule has 1 N–H and O–H groups in total. The lowest BCUT2D eigenvalue weighted by Gasteiger charge is -2.07. The Morgan fingerprint density at radius 1 is 1.24 bits per heavy atom. The second kappa shape index (κ2) is 5.39. The van der Waals surface area contributed by atoms with Crippen LogP contribution < -0.4 is 5.32 Å². The lowest BCUT2D eigenvalue weighted by Crippen LogP contribution is -2.05. The quantitative estimate of drug-likeness (QED) is 0.872. The van der Waals surface area contributed by atoms with Gasteiger partial charge in [-0.1, -0.05) is 13.0 Å². The number of aromatic nitrogens is 3. The first kappa shape index (κ1) is 11.5. The molecule has 2 heterocycles. The average molecular weight is 228 g/mol. The van der Waals surface area contributed by atoms with Crippen molar-refractivity contribution in [3.05, 3.63) is 47.7 Å². The maximum atomic E-state index is 4.33. The summed E-state index contributed by atoms with van der Waals surface area (Å²) in [5.74, 6) is 0.849. The summed E-state index contributed by atoms with van der Waals surface area (Å²) in [6, 6.07) is 5.97. The van der Waals surface area contributed by atoms with Gasteiger partial charge in [0.05, 0.1) is 12.2 Å². The van der Waals surface area contributed by atoms with Gasteiger partial charge >= 0.3 is 0 Å². The Morgan fingerprint density at radius 2 is 2.12 bits per heavy atom. The van der Waals surface area contributed by atoms with Gasteiger partial charge in [0.25, 0.3) is 0 Å². The number of anilines is 1. The van der Waals surface area contributed by atoms with Gasteiger partial charge < -0.3 is 5.32 Å². The molecule has 0 aliphatic rings. The van der Waals surface area contributed by atoms with Gasteiger partial charge in [0, 0.05) is 18.0 Å². The lowest BCUT2D eigenvalue weighted by atomic mass is 10.2. The van der Waals surface area contributed by atoms with Crippen LogP contribution in [-0.4, -0.2) is 15.0 Å². The first-order valence-electron chi connectivity index (χ1n) is 5.75. The minimum Gasteiger partial charge on any atom is -0.364 e. The third-order valence-electron chi connectivity index (χ3n) is 2.64. The number of hydrogen-bond donors (Lipinski definition) is 1. The van der Waals surface area contributed by atoms with Crippen LogP contribution in [0, 0.1) is 6.92 Å². The Kier molecular flexibility index (Phi) is 3.65. The van der Waals surface area contributed by atoms with Crippen LogP contribution in [0.1, 0.15) is 23.9 Å². The summed E-state index contributed by atoms with van der Waals surface area (Å²) < 4.78 is 0. The fourth-order valence-electron chi connectivity index (χ4n) is 1.57. The molecule has 0 aliphatic carbocycles. The highest BCUT2D eigenvalue weighted by Crippen LogP contribution is 2.08. The molecule has 0 spiro atoms. The molecule has 0 saturated carbocycles. The first-order valence-corrected chi connectivity index (χ1v) is 5.75. The van der Waals surface area contributed by atoms with Crippen molar-refractivity contribution in [1.29, 1.82) is 0 Å². The predicted octanol–water partition coefficient (Wildman–Crippen LogP) is 2.35. The molecule has 0 amide bonds. The number of aryl methyl sites for hydroxylation is 2. The topological polar surface area (TPSA) is 50.7 Å². The van der Waals surface area contributed by atoms with Crippen molar-refractivity contribution in [3.8, 4) is 0 Å². The zero-order valence-corrected chi connectivity index (χ0v) is 10.1. The largest absolute Gasteiger partial charge is 0.364 e. The van der Waals surface area contributed by atoms with Gasteiger partial charge in [-0.05, 0) is 25.0 Å². The molecule has 2 aromatic heterocycles. The van der Waals surface area contributed by atoms with Crippen LogP contribution in [0.2, 0.25) is 0 Å². The van der Waals surface area contributed by atoms with E-state index in [0.29, 0.717) is 6.54 Å². The number of nitrogens with one attached hydrogen (secondary N) is 1. The van der Waals surface area contributed by atoms with E-state index in [0.717, 1.165) is 23.6 Å². The highest BCUT2D eigenvalue weighted by atomic mass is 15.0. The Hall–Kier alpha value is -1.97. The summed E-state index contributed by atoms with van der Waals surface area (Å²) in [6.45, 7) is 4.82. The summed E-state index contributed by atoms with van der Waals surface area (Å²) in [4.78, 5) is 12.7. The van der Waals surface area contributed by atoms with E-state index in [4.69, 9.17) is 0 Å². The molecular weight excluding hydrogens is 212 g/mol. The SMILES string of the molecule is CCc1cc(NCc2ncccc2C)ncn1. The molecule has 17 heavy (non-hydrogen) atoms. The van der Waals surface area contributed by atoms with Crippen LogP contribution in [0.4, 0.5) is 5.82 Å². The molecule has 2 rings (SSSR count). The number of rotatable bonds is 4. The zero-order chi connectivity index (χ0) is 12.1. The molecule has 0 fully saturated rings. The summed E-state index contributed by atoms with van der Waals surface area (Å²) in [5, 5.41) is 3.26. The fourth-order valence-corrected chi connectivity index (χ4v) is 1.57. The summed E-state index contributed by atoms with van der Waals surface area (Å²) in [6.07, 6.45) is 4.31. The third-order valence-corrected chi connectivity index (χ3v) is 2.64. The van der Waals surface area contributed by atoms with Crippen LogP contribution in [-0.2, 0) is 13.0 Å². The first-order chi connectivity index (χ1) is 8.29. The number of pyridine rings is 1. The van der Waals surface area contributed by atoms with Crippen molar-refractivity contribution in [2.24, 2.45) is 0 Å². The maximum absolute atomic E-state index is 4.33. The van der Waals surface area contributed by atoms with Gasteiger partial charge in [0.1, 0.15) is 12.1 Å². The molecule has 0 unspecified atom stereocenters. The van der Waals surface area contributed by atoms with E-state index in [9.17, 15) is 0 Å². The van der Waals surface area contributed by atoms with Crippen molar-refractivity contribution in [2.75, 3.05) is 5.32 Å². The van der Waals surface area contributed by atoms with Gasteiger partial charge in [-0.15, -0.1) is 0 Å². The van der Waals surface area contributed by atoms with Gasteiger partial charge in [-0.2, -0.15) is 0 Å². The van der Waals surface area contributed by atoms with Crippen LogP contribution in [0.5, 0.6) is 0 Å². The number of nitrogens with zero attached hydrogens (tertiary/aromatic N) is 3. The van der Waals surface area contributed by atoms with E-state index in [2.05, 4.69) is 40.2 Å². The van der Waals surface area contributed by atoms with Crippen LogP contribution >= 0.6 is 0 Å². The van der Waals surface area contributed by atoms with Gasteiger partial charge in [0.2, 0.25) is 0 Å². The van der Waals surface area contributed by atoms with E-state index in [1.54, 1.807) is 6.33 Å². The molecule has 0 aromatic carbocycles. The molecule has 0 aliphatic heterocycles. The summed E-state index contributed by atoms with van der Waals surface area (Å²) in [5.41, 5.74) is 3.27. The number of hydrogen-bond acceptors (Lipinski definition) is 4. The summed E-state index contributed by atoms with van der Waals surface area (Å²) in [7, 11) is 0. The molecule has 88 valence electrons. The fraction of sp³-hybridized carbons (Fsp3) is 0.308. The Labute approximate surface area is 101 Å². The van der Waals surface area contributed by atoms with E-state index < -0.39 is 0 Å². The molecule has 0 saturated heterocycles. The third kappa shape index (κ3) is 3.00. The molecule has 4 heteroatoms. The summed E-state index contributed by atoms with van der Waals surface area (Å²) >= 11 is 0. The highest BCUT2D eigenvalue weighted by Gasteiger charge is 2.00. The van der Waals surface area contributed by atoms with E-state index >= 15 is 0 Å². The second-order valence-electron chi connectivity index (χ2n) is 3.87. The van der Waals surface area contributed by atoms with Gasteiger partial charge in [-0.25, -0.2) is 9.97 Å². The zero-order valence-electron chi connectivity index (χ0n) is 10.1. The molecular formula is C13H16N4. The Bertz CT molecular complexity index is 496. The normalized spacial score (nSPS) is 10.2. The standard InChI is InChI=1S/C13H16N4/c1-3-11-7-13(17-9-16-11)15-8-12-10(2)5-4-6-14-12/h4-7,9H,3,8H2,1-2H3,(H,15,16,17). The maximum Gasteiger partial charge on any atom is 0.129 e. The van der Waals surface area contributed by atoms with Crippen LogP contribution in [0.15, 0.2) is 30.7 Å². The van der Waals surface area contributed by atoms with E-state index in [1.807, 2.05) is 18.3 Å². The molecule has 2 aromatic rings. The van der Waals surface area contributed by atoms with E-state index in [1.165, 1.54) is 5.56 Å². The Morgan fingerprint density at radius 3 is 2.88 bits per heavy atom. The smallest absolute Gasteiger partial charge is 0.129 e. The molecule has 0 bridgehead atoms. The van der Waals surface area contributed by atoms with Crippen molar-refractivity contribution < 1.29 is 0 Å². The van der Waals surface area contributed by atoms with Crippen molar-refractivity contribution in [1.82, 2.24) is 15.0 Å². The van der Waals surface area contributed by atoms with Gasteiger partial charge in [0.15, 0.2) is 0 Å². The minimum absolute atomic E-state index is 0.687.